The molecule has 0 aliphatic rings. The Labute approximate surface area is 116 Å². The van der Waals surface area contributed by atoms with Gasteiger partial charge in [-0.3, -0.25) is 4.72 Å². The van der Waals surface area contributed by atoms with Crippen molar-refractivity contribution in [3.63, 3.8) is 0 Å². The molecule has 0 saturated heterocycles. The van der Waals surface area contributed by atoms with E-state index in [1.54, 1.807) is 6.92 Å². The van der Waals surface area contributed by atoms with Gasteiger partial charge >= 0.3 is 0 Å². The van der Waals surface area contributed by atoms with Gasteiger partial charge in [0, 0.05) is 12.2 Å². The first-order chi connectivity index (χ1) is 8.86. The zero-order chi connectivity index (χ0) is 14.5. The van der Waals surface area contributed by atoms with E-state index >= 15 is 0 Å². The fourth-order valence-corrected chi connectivity index (χ4v) is 2.66. The van der Waals surface area contributed by atoms with E-state index in [1.165, 1.54) is 5.56 Å². The van der Waals surface area contributed by atoms with E-state index in [0.717, 1.165) is 6.54 Å². The molecule has 1 unspecified atom stereocenters. The molecule has 0 aliphatic heterocycles. The minimum atomic E-state index is -3.33. The second-order valence-electron chi connectivity index (χ2n) is 5.04. The number of nitrogens with one attached hydrogen (secondary N) is 2. The average molecular weight is 284 g/mol. The number of rotatable bonds is 7. The lowest BCUT2D eigenvalue weighted by atomic mass is 10.0. The van der Waals surface area contributed by atoms with Crippen molar-refractivity contribution in [2.75, 3.05) is 17.8 Å². The van der Waals surface area contributed by atoms with Crippen LogP contribution in [0.15, 0.2) is 24.3 Å². The summed E-state index contributed by atoms with van der Waals surface area (Å²) in [6, 6.07) is 7.54. The van der Waals surface area contributed by atoms with Crippen molar-refractivity contribution in [1.82, 2.24) is 5.32 Å². The maximum absolute atomic E-state index is 12.1. The molecule has 0 fully saturated rings. The van der Waals surface area contributed by atoms with Gasteiger partial charge in [-0.05, 0) is 37.1 Å². The quantitative estimate of drug-likeness (QED) is 0.809. The van der Waals surface area contributed by atoms with Gasteiger partial charge in [0.05, 0.1) is 5.25 Å². The minimum Gasteiger partial charge on any atom is -0.316 e. The van der Waals surface area contributed by atoms with E-state index in [0.29, 0.717) is 18.2 Å². The lowest BCUT2D eigenvalue weighted by Gasteiger charge is -2.15. The van der Waals surface area contributed by atoms with Crippen LogP contribution in [-0.4, -0.2) is 26.8 Å². The summed E-state index contributed by atoms with van der Waals surface area (Å²) in [4.78, 5) is 0. The largest absolute Gasteiger partial charge is 0.316 e. The Morgan fingerprint density at radius 3 is 2.16 bits per heavy atom. The van der Waals surface area contributed by atoms with Gasteiger partial charge < -0.3 is 5.32 Å². The number of benzene rings is 1. The fraction of sp³-hybridized carbons (Fsp3) is 0.571. The average Bonchev–Trinajstić information content (AvgIpc) is 2.36. The summed E-state index contributed by atoms with van der Waals surface area (Å²) in [5.41, 5.74) is 1.82. The molecule has 108 valence electrons. The molecule has 1 aromatic carbocycles. The van der Waals surface area contributed by atoms with Crippen LogP contribution < -0.4 is 10.0 Å². The van der Waals surface area contributed by atoms with Crippen molar-refractivity contribution in [3.8, 4) is 0 Å². The van der Waals surface area contributed by atoms with Crippen molar-refractivity contribution in [2.24, 2.45) is 0 Å². The molecule has 0 amide bonds. The lowest BCUT2D eigenvalue weighted by Crippen LogP contribution is -2.34. The Morgan fingerprint density at radius 1 is 1.11 bits per heavy atom. The highest BCUT2D eigenvalue weighted by molar-refractivity contribution is 7.93. The van der Waals surface area contributed by atoms with Crippen LogP contribution in [0.1, 0.15) is 39.2 Å². The smallest absolute Gasteiger partial charge is 0.236 e. The summed E-state index contributed by atoms with van der Waals surface area (Å²) in [7, 11) is -3.33. The molecule has 0 spiro atoms. The Balaban J connectivity index is 2.72. The lowest BCUT2D eigenvalue weighted by molar-refractivity contribution is 0.579. The third kappa shape index (κ3) is 4.84. The number of anilines is 1. The van der Waals surface area contributed by atoms with Crippen molar-refractivity contribution in [3.05, 3.63) is 29.8 Å². The van der Waals surface area contributed by atoms with Crippen LogP contribution >= 0.6 is 0 Å². The standard InChI is InChI=1S/C14H24N2O2S/c1-5-15-10-12(4)19(17,18)16-14-8-6-13(7-9-14)11(2)3/h6-9,11-12,15-16H,5,10H2,1-4H3. The van der Waals surface area contributed by atoms with Gasteiger partial charge in [-0.2, -0.15) is 0 Å². The van der Waals surface area contributed by atoms with Crippen LogP contribution in [0.4, 0.5) is 5.69 Å². The third-order valence-corrected chi connectivity index (χ3v) is 4.80. The van der Waals surface area contributed by atoms with Crippen LogP contribution in [-0.2, 0) is 10.0 Å². The van der Waals surface area contributed by atoms with E-state index in [-0.39, 0.29) is 0 Å². The number of sulfonamides is 1. The molecule has 0 heterocycles. The summed E-state index contributed by atoms with van der Waals surface area (Å²) in [6.07, 6.45) is 0. The fourth-order valence-electron chi connectivity index (χ4n) is 1.66. The second kappa shape index (κ2) is 6.91. The van der Waals surface area contributed by atoms with Gasteiger partial charge in [0.2, 0.25) is 10.0 Å². The van der Waals surface area contributed by atoms with E-state index in [1.807, 2.05) is 31.2 Å². The summed E-state index contributed by atoms with van der Waals surface area (Å²) in [5.74, 6) is 0.443. The monoisotopic (exact) mass is 284 g/mol. The highest BCUT2D eigenvalue weighted by atomic mass is 32.2. The Morgan fingerprint density at radius 2 is 1.68 bits per heavy atom. The van der Waals surface area contributed by atoms with Gasteiger partial charge in [0.1, 0.15) is 0 Å². The Hall–Kier alpha value is -1.07. The van der Waals surface area contributed by atoms with Gasteiger partial charge in [0.15, 0.2) is 0 Å². The molecule has 1 atom stereocenters. The van der Waals surface area contributed by atoms with Gasteiger partial charge in [0.25, 0.3) is 0 Å². The predicted molar refractivity (Wildman–Crippen MR) is 81.1 cm³/mol. The second-order valence-corrected chi connectivity index (χ2v) is 7.14. The highest BCUT2D eigenvalue weighted by Gasteiger charge is 2.19. The van der Waals surface area contributed by atoms with Gasteiger partial charge in [-0.1, -0.05) is 32.9 Å². The van der Waals surface area contributed by atoms with Gasteiger partial charge in [-0.15, -0.1) is 0 Å². The first-order valence-corrected chi connectivity index (χ1v) is 8.23. The highest BCUT2D eigenvalue weighted by Crippen LogP contribution is 2.18. The first kappa shape index (κ1) is 16.0. The van der Waals surface area contributed by atoms with Crippen molar-refractivity contribution < 1.29 is 8.42 Å². The topological polar surface area (TPSA) is 58.2 Å². The van der Waals surface area contributed by atoms with Crippen LogP contribution in [0.3, 0.4) is 0 Å². The van der Waals surface area contributed by atoms with E-state index in [2.05, 4.69) is 23.9 Å². The Kier molecular flexibility index (Phi) is 5.82. The van der Waals surface area contributed by atoms with Crippen molar-refractivity contribution >= 4 is 15.7 Å². The van der Waals surface area contributed by atoms with Crippen LogP contribution in [0.25, 0.3) is 0 Å². The molecule has 19 heavy (non-hydrogen) atoms. The summed E-state index contributed by atoms with van der Waals surface area (Å²) >= 11 is 0. The third-order valence-electron chi connectivity index (χ3n) is 3.05. The summed E-state index contributed by atoms with van der Waals surface area (Å²) in [6.45, 7) is 9.10. The van der Waals surface area contributed by atoms with E-state index < -0.39 is 15.3 Å². The molecular formula is C14H24N2O2S. The molecule has 0 aromatic heterocycles. The van der Waals surface area contributed by atoms with Crippen molar-refractivity contribution in [2.45, 2.75) is 38.9 Å². The number of hydrogen-bond acceptors (Lipinski definition) is 3. The Bertz CT molecular complexity index is 481. The zero-order valence-electron chi connectivity index (χ0n) is 12.1. The van der Waals surface area contributed by atoms with Gasteiger partial charge in [-0.25, -0.2) is 8.42 Å². The predicted octanol–water partition coefficient (Wildman–Crippen LogP) is 2.55. The molecular weight excluding hydrogens is 260 g/mol. The summed E-state index contributed by atoms with van der Waals surface area (Å²) in [5, 5.41) is 2.58. The van der Waals surface area contributed by atoms with Crippen LogP contribution in [0.5, 0.6) is 0 Å². The van der Waals surface area contributed by atoms with Crippen LogP contribution in [0.2, 0.25) is 0 Å². The maximum Gasteiger partial charge on any atom is 0.236 e. The SMILES string of the molecule is CCNCC(C)S(=O)(=O)Nc1ccc(C(C)C)cc1. The molecule has 0 saturated carbocycles. The van der Waals surface area contributed by atoms with Crippen LogP contribution in [0, 0.1) is 0 Å². The molecule has 2 N–H and O–H groups in total. The summed E-state index contributed by atoms with van der Waals surface area (Å²) < 4.78 is 26.8. The number of hydrogen-bond donors (Lipinski definition) is 2. The molecule has 0 bridgehead atoms. The molecule has 0 radical (unpaired) electrons. The maximum atomic E-state index is 12.1. The molecule has 1 aromatic rings. The van der Waals surface area contributed by atoms with E-state index in [9.17, 15) is 8.42 Å². The molecule has 5 heteroatoms. The van der Waals surface area contributed by atoms with Crippen molar-refractivity contribution in [1.29, 1.82) is 0 Å². The first-order valence-electron chi connectivity index (χ1n) is 6.69. The molecule has 1 rings (SSSR count). The normalized spacial score (nSPS) is 13.5. The molecule has 4 nitrogen and oxygen atoms in total. The zero-order valence-corrected chi connectivity index (χ0v) is 12.9. The minimum absolute atomic E-state index is 0.443. The van der Waals surface area contributed by atoms with E-state index in [4.69, 9.17) is 0 Å². The molecule has 0 aliphatic carbocycles.